The third-order valence-electron chi connectivity index (χ3n) is 5.46. The number of ether oxygens (including phenoxy) is 1. The normalized spacial score (nSPS) is 22.8. The van der Waals surface area contributed by atoms with Gasteiger partial charge in [-0.05, 0) is 23.9 Å². The Morgan fingerprint density at radius 3 is 2.79 bits per heavy atom. The molecule has 0 bridgehead atoms. The molecular formula is C21H22FN6O8P2S+. The summed E-state index contributed by atoms with van der Waals surface area (Å²) in [5.41, 5.74) is 0.668. The van der Waals surface area contributed by atoms with Crippen LogP contribution in [0.1, 0.15) is 23.0 Å². The van der Waals surface area contributed by atoms with Gasteiger partial charge in [0.05, 0.1) is 32.0 Å². The second-order valence-electron chi connectivity index (χ2n) is 7.85. The molecule has 1 fully saturated rings. The number of alkyl halides is 1. The van der Waals surface area contributed by atoms with Crippen LogP contribution in [0.25, 0.3) is 11.2 Å². The Kier molecular flexibility index (Phi) is 9.73. The highest BCUT2D eigenvalue weighted by atomic mass is 32.5. The number of amides is 1. The van der Waals surface area contributed by atoms with Crippen molar-refractivity contribution >= 4 is 49.7 Å². The van der Waals surface area contributed by atoms with Crippen LogP contribution in [0, 0.1) is 11.3 Å². The van der Waals surface area contributed by atoms with E-state index in [4.69, 9.17) is 39.9 Å². The lowest BCUT2D eigenvalue weighted by atomic mass is 10.1. The molecule has 2 N–H and O–H groups in total. The van der Waals surface area contributed by atoms with E-state index in [1.54, 1.807) is 30.3 Å². The quantitative estimate of drug-likeness (QED) is 0.229. The summed E-state index contributed by atoms with van der Waals surface area (Å²) in [4.78, 5) is 34.4. The Hall–Kier alpha value is -2.83. The van der Waals surface area contributed by atoms with E-state index in [2.05, 4.69) is 20.3 Å². The molecule has 3 heterocycles. The lowest BCUT2D eigenvalue weighted by molar-refractivity contribution is -0.0420. The van der Waals surface area contributed by atoms with Crippen LogP contribution in [-0.2, 0) is 39.2 Å². The molecule has 1 saturated heterocycles. The monoisotopic (exact) mass is 599 g/mol. The zero-order chi connectivity index (χ0) is 28.0. The van der Waals surface area contributed by atoms with E-state index < -0.39 is 52.1 Å². The van der Waals surface area contributed by atoms with Crippen LogP contribution in [0.2, 0.25) is 0 Å². The third kappa shape index (κ3) is 6.85. The minimum absolute atomic E-state index is 0.0414. The maximum Gasteiger partial charge on any atom is 0.695 e. The molecule has 0 saturated carbocycles. The molecule has 1 aliphatic rings. The molecule has 2 aromatic heterocycles. The molecular weight excluding hydrogens is 577 g/mol. The number of nitrogens with one attached hydrogen (secondary N) is 1. The van der Waals surface area contributed by atoms with Crippen molar-refractivity contribution in [2.75, 3.05) is 25.6 Å². The number of imidazole rings is 1. The summed E-state index contributed by atoms with van der Waals surface area (Å²) in [6.45, 7) is -3.78. The van der Waals surface area contributed by atoms with Crippen LogP contribution in [0.4, 0.5) is 10.2 Å². The van der Waals surface area contributed by atoms with Crippen molar-refractivity contribution in [1.82, 2.24) is 19.5 Å². The number of rotatable bonds is 12. The first-order valence-corrected chi connectivity index (χ1v) is 14.9. The fraction of sp³-hybridized carbons (Fsp3) is 0.381. The number of hydrogen-bond acceptors (Lipinski definition) is 12. The Balaban J connectivity index is 1.56. The fourth-order valence-corrected chi connectivity index (χ4v) is 5.49. The van der Waals surface area contributed by atoms with Crippen LogP contribution >= 0.6 is 15.0 Å². The highest BCUT2D eigenvalue weighted by Crippen LogP contribution is 2.50. The van der Waals surface area contributed by atoms with Gasteiger partial charge < -0.3 is 23.6 Å². The molecule has 6 atom stereocenters. The molecule has 0 aliphatic carbocycles. The predicted octanol–water partition coefficient (Wildman–Crippen LogP) is 3.17. The number of hydrogen-bond donors (Lipinski definition) is 2. The van der Waals surface area contributed by atoms with Gasteiger partial charge in [0.2, 0.25) is 0 Å². The second-order valence-corrected chi connectivity index (χ2v) is 11.7. The molecule has 2 unspecified atom stereocenters. The van der Waals surface area contributed by atoms with E-state index in [1.807, 2.05) is 6.07 Å². The number of carbonyl (C=O) groups excluding carboxylic acids is 1. The van der Waals surface area contributed by atoms with Gasteiger partial charge in [0.15, 0.2) is 35.5 Å². The van der Waals surface area contributed by atoms with Gasteiger partial charge in [-0.1, -0.05) is 18.2 Å². The topological polar surface area (TPSA) is 180 Å². The number of nitriles is 1. The van der Waals surface area contributed by atoms with Crippen molar-refractivity contribution in [2.45, 2.75) is 31.0 Å². The third-order valence-corrected chi connectivity index (χ3v) is 8.38. The first-order valence-electron chi connectivity index (χ1n) is 11.2. The largest absolute Gasteiger partial charge is 0.695 e. The van der Waals surface area contributed by atoms with E-state index in [1.165, 1.54) is 18.0 Å². The van der Waals surface area contributed by atoms with Gasteiger partial charge in [-0.3, -0.25) is 9.36 Å². The van der Waals surface area contributed by atoms with Crippen LogP contribution in [-0.4, -0.2) is 69.0 Å². The van der Waals surface area contributed by atoms with Gasteiger partial charge in [0.25, 0.3) is 5.91 Å². The maximum atomic E-state index is 15.6. The molecule has 0 radical (unpaired) electrons. The zero-order valence-electron chi connectivity index (χ0n) is 20.2. The van der Waals surface area contributed by atoms with Crippen molar-refractivity contribution in [3.63, 3.8) is 0 Å². The molecule has 14 nitrogen and oxygen atoms in total. The molecule has 206 valence electrons. The van der Waals surface area contributed by atoms with Gasteiger partial charge >= 0.3 is 15.0 Å². The molecule has 39 heavy (non-hydrogen) atoms. The number of benzene rings is 1. The van der Waals surface area contributed by atoms with Crippen LogP contribution in [0.3, 0.4) is 0 Å². The number of nitrogens with zero attached hydrogens (tertiary/aromatic N) is 5. The van der Waals surface area contributed by atoms with Crippen molar-refractivity contribution in [2.24, 2.45) is 0 Å². The van der Waals surface area contributed by atoms with Crippen molar-refractivity contribution in [3.05, 3.63) is 48.5 Å². The van der Waals surface area contributed by atoms with Crippen LogP contribution in [0.15, 0.2) is 43.0 Å². The van der Waals surface area contributed by atoms with Crippen LogP contribution < -0.4 is 5.32 Å². The number of anilines is 1. The average Bonchev–Trinajstić information content (AvgIpc) is 3.49. The second kappa shape index (κ2) is 13.0. The molecule has 3 aromatic rings. The number of carbonyl (C=O) groups is 1. The summed E-state index contributed by atoms with van der Waals surface area (Å²) < 4.78 is 55.1. The van der Waals surface area contributed by atoms with Gasteiger partial charge in [0, 0.05) is 17.2 Å². The zero-order valence-corrected chi connectivity index (χ0v) is 22.8. The Morgan fingerprint density at radius 1 is 1.33 bits per heavy atom. The Labute approximate surface area is 227 Å². The molecule has 18 heteroatoms. The number of fused-ring (bicyclic) bond motifs is 1. The molecule has 1 aromatic carbocycles. The van der Waals surface area contributed by atoms with Crippen molar-refractivity contribution in [1.29, 1.82) is 5.26 Å². The van der Waals surface area contributed by atoms with E-state index in [0.29, 0.717) is 5.56 Å². The summed E-state index contributed by atoms with van der Waals surface area (Å²) in [7, 11) is -1.95. The number of aromatic nitrogens is 4. The minimum Gasteiger partial charge on any atom is -0.346 e. The summed E-state index contributed by atoms with van der Waals surface area (Å²) in [5.74, 6) is -0.351. The molecule has 1 amide bonds. The SMILES string of the molecule is COP(=S)(OCCC#N)OC[C@H]1O[C@@H](n2cnc3c(NC(=O)c4ccccc4)ncnc32)[C@H](F)[C@@H]1O[P+](=O)O. The predicted molar refractivity (Wildman–Crippen MR) is 137 cm³/mol. The van der Waals surface area contributed by atoms with Crippen molar-refractivity contribution < 1.29 is 41.5 Å². The first kappa shape index (κ1) is 29.2. The molecule has 1 aliphatic heterocycles. The standard InChI is InChI=1S/C21H21FN6O8P2S/c1-32-38(39,33-9-5-8-23)34-10-14-17(36-37(30)31)15(22)21(35-14)28-12-26-16-18(24-11-25-19(16)28)27-20(29)13-6-3-2-4-7-13/h2-4,6-7,11-12,14-15,17,21H,5,9-10H2,1H3,(H-,24,25,27,29,30,31)/p+1/t14-,15-,17-,21-,38?/m1/s1. The summed E-state index contributed by atoms with van der Waals surface area (Å²) in [6.07, 6.45) is -3.70. The van der Waals surface area contributed by atoms with Crippen molar-refractivity contribution in [3.8, 4) is 6.07 Å². The summed E-state index contributed by atoms with van der Waals surface area (Å²) in [6, 6.07) is 10.3. The summed E-state index contributed by atoms with van der Waals surface area (Å²) in [5, 5.41) is 11.3. The molecule has 4 rings (SSSR count). The van der Waals surface area contributed by atoms with Gasteiger partial charge in [0.1, 0.15) is 12.4 Å². The van der Waals surface area contributed by atoms with E-state index >= 15 is 4.39 Å². The number of halogens is 1. The fourth-order valence-electron chi connectivity index (χ4n) is 3.69. The lowest BCUT2D eigenvalue weighted by Gasteiger charge is -2.22. The highest BCUT2D eigenvalue weighted by molar-refractivity contribution is 8.07. The first-order chi connectivity index (χ1) is 18.8. The minimum atomic E-state index is -3.32. The maximum absolute atomic E-state index is 15.6. The van der Waals surface area contributed by atoms with Crippen LogP contribution in [0.5, 0.6) is 0 Å². The van der Waals surface area contributed by atoms with Gasteiger partial charge in [-0.15, -0.1) is 9.42 Å². The van der Waals surface area contributed by atoms with E-state index in [-0.39, 0.29) is 30.0 Å². The Bertz CT molecular complexity index is 1430. The lowest BCUT2D eigenvalue weighted by Crippen LogP contribution is -2.32. The highest BCUT2D eigenvalue weighted by Gasteiger charge is 2.52. The summed E-state index contributed by atoms with van der Waals surface area (Å²) >= 11 is 5.23. The Morgan fingerprint density at radius 2 is 2.10 bits per heavy atom. The van der Waals surface area contributed by atoms with E-state index in [9.17, 15) is 14.3 Å². The van der Waals surface area contributed by atoms with Gasteiger partial charge in [-0.2, -0.15) is 5.26 Å². The molecule has 0 spiro atoms. The van der Waals surface area contributed by atoms with Gasteiger partial charge in [-0.25, -0.2) is 19.3 Å². The van der Waals surface area contributed by atoms with E-state index in [0.717, 1.165) is 6.33 Å². The smallest absolute Gasteiger partial charge is 0.346 e. The average molecular weight is 599 g/mol.